The van der Waals surface area contributed by atoms with Crippen LogP contribution in [0.5, 0.6) is 5.75 Å². The normalized spacial score (nSPS) is 13.8. The van der Waals surface area contributed by atoms with E-state index in [1.807, 2.05) is 54.6 Å². The summed E-state index contributed by atoms with van der Waals surface area (Å²) in [5, 5.41) is 2.87. The van der Waals surface area contributed by atoms with Gasteiger partial charge in [0.25, 0.3) is 5.91 Å². The highest BCUT2D eigenvalue weighted by molar-refractivity contribution is 5.95. The Morgan fingerprint density at radius 2 is 1.62 bits per heavy atom. The van der Waals surface area contributed by atoms with Crippen LogP contribution in [0.25, 0.3) is 11.0 Å². The highest BCUT2D eigenvalue weighted by Gasteiger charge is 2.20. The van der Waals surface area contributed by atoms with E-state index in [4.69, 9.17) is 9.72 Å². The molecule has 2 heterocycles. The summed E-state index contributed by atoms with van der Waals surface area (Å²) in [6, 6.07) is 17.0. The van der Waals surface area contributed by atoms with Crippen LogP contribution >= 0.6 is 0 Å². The fourth-order valence-electron chi connectivity index (χ4n) is 3.06. The molecule has 1 amide bonds. The minimum absolute atomic E-state index is 0.0715. The lowest BCUT2D eigenvalue weighted by atomic mass is 10.3. The molecule has 0 atom stereocenters. The average Bonchev–Trinajstić information content (AvgIpc) is 3.21. The fraction of sp³-hybridized carbons (Fsp3) is 0.250. The first-order valence-electron chi connectivity index (χ1n) is 8.79. The summed E-state index contributed by atoms with van der Waals surface area (Å²) in [5.41, 5.74) is 1.59. The van der Waals surface area contributed by atoms with Gasteiger partial charge in [-0.15, -0.1) is 0 Å². The number of hydrogen-bond donors (Lipinski definition) is 1. The molecule has 0 spiro atoms. The van der Waals surface area contributed by atoms with Crippen LogP contribution < -0.4 is 15.0 Å². The molecule has 1 fully saturated rings. The minimum Gasteiger partial charge on any atom is -0.484 e. The second-order valence-electron chi connectivity index (χ2n) is 6.23. The van der Waals surface area contributed by atoms with Gasteiger partial charge in [0.05, 0.1) is 11.0 Å². The molecule has 6 heteroatoms. The number of carbonyl (C=O) groups excluding carboxylic acids is 1. The summed E-state index contributed by atoms with van der Waals surface area (Å²) in [4.78, 5) is 23.9. The molecule has 1 N–H and O–H groups in total. The first-order chi connectivity index (χ1) is 12.8. The van der Waals surface area contributed by atoms with Crippen molar-refractivity contribution in [2.24, 2.45) is 0 Å². The number of nitrogens with zero attached hydrogens (tertiary/aromatic N) is 3. The zero-order valence-electron chi connectivity index (χ0n) is 14.4. The first kappa shape index (κ1) is 16.3. The van der Waals surface area contributed by atoms with E-state index in [-0.39, 0.29) is 12.5 Å². The molecule has 1 saturated heterocycles. The molecule has 0 unspecified atom stereocenters. The number of amides is 1. The van der Waals surface area contributed by atoms with Gasteiger partial charge in [-0.05, 0) is 37.1 Å². The zero-order chi connectivity index (χ0) is 17.8. The summed E-state index contributed by atoms with van der Waals surface area (Å²) in [6.07, 6.45) is 2.25. The van der Waals surface area contributed by atoms with Gasteiger partial charge >= 0.3 is 0 Å². The first-order valence-corrected chi connectivity index (χ1v) is 8.79. The monoisotopic (exact) mass is 348 g/mol. The molecule has 4 rings (SSSR count). The summed E-state index contributed by atoms with van der Waals surface area (Å²) < 4.78 is 5.52. The second kappa shape index (κ2) is 7.39. The Bertz CT molecular complexity index is 908. The summed E-state index contributed by atoms with van der Waals surface area (Å²) in [5.74, 6) is 1.63. The van der Waals surface area contributed by atoms with E-state index in [9.17, 15) is 4.79 Å². The fourth-order valence-corrected chi connectivity index (χ4v) is 3.06. The van der Waals surface area contributed by atoms with E-state index in [1.165, 1.54) is 0 Å². The highest BCUT2D eigenvalue weighted by atomic mass is 16.5. The number of para-hydroxylation sites is 3. The molecule has 6 nitrogen and oxygen atoms in total. The van der Waals surface area contributed by atoms with Crippen molar-refractivity contribution in [1.82, 2.24) is 9.97 Å². The van der Waals surface area contributed by atoms with Gasteiger partial charge in [0, 0.05) is 13.1 Å². The number of rotatable bonds is 5. The van der Waals surface area contributed by atoms with Crippen LogP contribution in [0, 0.1) is 0 Å². The molecule has 1 aliphatic rings. The van der Waals surface area contributed by atoms with E-state index in [1.54, 1.807) is 0 Å². The van der Waals surface area contributed by atoms with Gasteiger partial charge in [-0.3, -0.25) is 4.79 Å². The smallest absolute Gasteiger partial charge is 0.263 e. The molecule has 2 aromatic carbocycles. The lowest BCUT2D eigenvalue weighted by Crippen LogP contribution is -2.25. The molecule has 1 aliphatic heterocycles. The number of carbonyl (C=O) groups is 1. The third-order valence-electron chi connectivity index (χ3n) is 4.33. The molecule has 0 radical (unpaired) electrons. The Morgan fingerprint density at radius 1 is 0.962 bits per heavy atom. The lowest BCUT2D eigenvalue weighted by Gasteiger charge is -2.20. The number of anilines is 2. The van der Waals surface area contributed by atoms with Crippen molar-refractivity contribution in [3.63, 3.8) is 0 Å². The van der Waals surface area contributed by atoms with Gasteiger partial charge in [0.2, 0.25) is 0 Å². The SMILES string of the molecule is O=C(COc1ccccc1)Nc1nc2ccccc2nc1N1CCCC1. The Kier molecular flexibility index (Phi) is 4.64. The predicted octanol–water partition coefficient (Wildman–Crippen LogP) is 3.25. The zero-order valence-corrected chi connectivity index (χ0v) is 14.4. The van der Waals surface area contributed by atoms with E-state index in [0.29, 0.717) is 11.6 Å². The van der Waals surface area contributed by atoms with Crippen LogP contribution in [0.2, 0.25) is 0 Å². The number of ether oxygens (including phenoxy) is 1. The van der Waals surface area contributed by atoms with E-state index >= 15 is 0 Å². The second-order valence-corrected chi connectivity index (χ2v) is 6.23. The van der Waals surface area contributed by atoms with Crippen molar-refractivity contribution in [3.05, 3.63) is 54.6 Å². The van der Waals surface area contributed by atoms with E-state index < -0.39 is 0 Å². The summed E-state index contributed by atoms with van der Waals surface area (Å²) in [6.45, 7) is 1.78. The standard InChI is InChI=1S/C20H20N4O2/c25-18(14-26-15-8-2-1-3-9-15)23-19-20(24-12-6-7-13-24)22-17-11-5-4-10-16(17)21-19/h1-5,8-11H,6-7,12-14H2,(H,21,23,25). The van der Waals surface area contributed by atoms with Crippen molar-refractivity contribution in [2.45, 2.75) is 12.8 Å². The number of hydrogen-bond acceptors (Lipinski definition) is 5. The number of fused-ring (bicyclic) bond motifs is 1. The lowest BCUT2D eigenvalue weighted by molar-refractivity contribution is -0.118. The molecule has 3 aromatic rings. The summed E-state index contributed by atoms with van der Waals surface area (Å²) in [7, 11) is 0. The minimum atomic E-state index is -0.251. The van der Waals surface area contributed by atoms with Crippen molar-refractivity contribution < 1.29 is 9.53 Å². The average molecular weight is 348 g/mol. The van der Waals surface area contributed by atoms with Gasteiger partial charge in [-0.25, -0.2) is 9.97 Å². The van der Waals surface area contributed by atoms with Crippen LogP contribution in [0.15, 0.2) is 54.6 Å². The van der Waals surface area contributed by atoms with Gasteiger partial charge < -0.3 is 15.0 Å². The van der Waals surface area contributed by atoms with E-state index in [0.717, 1.165) is 42.8 Å². The topological polar surface area (TPSA) is 67.3 Å². The van der Waals surface area contributed by atoms with Gasteiger partial charge in [-0.1, -0.05) is 30.3 Å². The molecule has 0 saturated carbocycles. The number of nitrogens with one attached hydrogen (secondary N) is 1. The van der Waals surface area contributed by atoms with Gasteiger partial charge in [0.1, 0.15) is 5.75 Å². The van der Waals surface area contributed by atoms with Crippen molar-refractivity contribution >= 4 is 28.6 Å². The van der Waals surface area contributed by atoms with E-state index in [2.05, 4.69) is 15.2 Å². The number of benzene rings is 2. The van der Waals surface area contributed by atoms with Crippen LogP contribution in [-0.4, -0.2) is 35.6 Å². The van der Waals surface area contributed by atoms with Crippen LogP contribution in [-0.2, 0) is 4.79 Å². The molecular formula is C20H20N4O2. The maximum atomic E-state index is 12.4. The Morgan fingerprint density at radius 3 is 2.35 bits per heavy atom. The maximum Gasteiger partial charge on any atom is 0.263 e. The van der Waals surface area contributed by atoms with Crippen molar-refractivity contribution in [1.29, 1.82) is 0 Å². The van der Waals surface area contributed by atoms with Gasteiger partial charge in [-0.2, -0.15) is 0 Å². The molecule has 0 bridgehead atoms. The number of aromatic nitrogens is 2. The summed E-state index contributed by atoms with van der Waals surface area (Å²) >= 11 is 0. The largest absolute Gasteiger partial charge is 0.484 e. The third kappa shape index (κ3) is 3.59. The molecular weight excluding hydrogens is 328 g/mol. The third-order valence-corrected chi connectivity index (χ3v) is 4.33. The Balaban J connectivity index is 1.55. The van der Waals surface area contributed by atoms with Crippen LogP contribution in [0.1, 0.15) is 12.8 Å². The highest BCUT2D eigenvalue weighted by Crippen LogP contribution is 2.27. The maximum absolute atomic E-state index is 12.4. The van der Waals surface area contributed by atoms with Gasteiger partial charge in [0.15, 0.2) is 18.2 Å². The molecule has 26 heavy (non-hydrogen) atoms. The quantitative estimate of drug-likeness (QED) is 0.767. The Hall–Kier alpha value is -3.15. The molecule has 0 aliphatic carbocycles. The molecule has 1 aromatic heterocycles. The predicted molar refractivity (Wildman–Crippen MR) is 102 cm³/mol. The molecule has 132 valence electrons. The van der Waals surface area contributed by atoms with Crippen LogP contribution in [0.4, 0.5) is 11.6 Å². The Labute approximate surface area is 151 Å². The van der Waals surface area contributed by atoms with Crippen molar-refractivity contribution in [3.8, 4) is 5.75 Å². The van der Waals surface area contributed by atoms with Crippen LogP contribution in [0.3, 0.4) is 0 Å². The van der Waals surface area contributed by atoms with Crippen molar-refractivity contribution in [2.75, 3.05) is 29.9 Å².